The second kappa shape index (κ2) is 6.89. The molecule has 1 aliphatic rings. The summed E-state index contributed by atoms with van der Waals surface area (Å²) in [5, 5.41) is 8.71. The lowest BCUT2D eigenvalue weighted by molar-refractivity contribution is -0.137. The van der Waals surface area contributed by atoms with Crippen LogP contribution in [0.5, 0.6) is 0 Å². The fraction of sp³-hybridized carbons (Fsp3) is 0.467. The summed E-state index contributed by atoms with van der Waals surface area (Å²) in [6, 6.07) is 4.02. The number of carbonyl (C=O) groups is 2. The Bertz CT molecular complexity index is 550. The molecule has 0 aliphatic carbocycles. The number of piperidine rings is 1. The molecule has 1 heterocycles. The average Bonchev–Trinajstić information content (AvgIpc) is 2.47. The molecule has 0 bridgehead atoms. The van der Waals surface area contributed by atoms with Crippen LogP contribution >= 0.6 is 11.6 Å². The Balaban J connectivity index is 2.01. The number of carboxylic acids is 1. The standard InChI is InChI=1S/C15H17ClFNO3/c16-12-5-4-11(8-13(12)17)15(21)18-7-1-2-10(9-18)3-6-14(19)20/h4-5,8,10H,1-3,6-7,9H2,(H,19,20). The van der Waals surface area contributed by atoms with Crippen LogP contribution in [0.2, 0.25) is 5.02 Å². The van der Waals surface area contributed by atoms with Crippen molar-refractivity contribution in [3.63, 3.8) is 0 Å². The predicted octanol–water partition coefficient (Wildman–Crippen LogP) is 3.20. The van der Waals surface area contributed by atoms with Crippen LogP contribution in [0.15, 0.2) is 18.2 Å². The molecule has 1 amide bonds. The Labute approximate surface area is 127 Å². The van der Waals surface area contributed by atoms with Crippen LogP contribution in [0.1, 0.15) is 36.0 Å². The Morgan fingerprint density at radius 2 is 2.19 bits per heavy atom. The van der Waals surface area contributed by atoms with Crippen molar-refractivity contribution in [1.82, 2.24) is 4.90 Å². The molecular weight excluding hydrogens is 297 g/mol. The van der Waals surface area contributed by atoms with E-state index in [1.54, 1.807) is 4.90 Å². The number of carbonyl (C=O) groups excluding carboxylic acids is 1. The zero-order valence-corrected chi connectivity index (χ0v) is 12.3. The quantitative estimate of drug-likeness (QED) is 0.928. The summed E-state index contributed by atoms with van der Waals surface area (Å²) in [6.45, 7) is 1.14. The summed E-state index contributed by atoms with van der Waals surface area (Å²) < 4.78 is 13.4. The molecule has 114 valence electrons. The molecular formula is C15H17ClFNO3. The number of benzene rings is 1. The van der Waals surface area contributed by atoms with Crippen molar-refractivity contribution in [1.29, 1.82) is 0 Å². The van der Waals surface area contributed by atoms with Gasteiger partial charge in [-0.3, -0.25) is 9.59 Å². The topological polar surface area (TPSA) is 57.6 Å². The number of hydrogen-bond donors (Lipinski definition) is 1. The highest BCUT2D eigenvalue weighted by molar-refractivity contribution is 6.30. The smallest absolute Gasteiger partial charge is 0.303 e. The lowest BCUT2D eigenvalue weighted by Crippen LogP contribution is -2.40. The van der Waals surface area contributed by atoms with Gasteiger partial charge in [0.2, 0.25) is 0 Å². The predicted molar refractivity (Wildman–Crippen MR) is 76.9 cm³/mol. The van der Waals surface area contributed by atoms with E-state index in [4.69, 9.17) is 16.7 Å². The van der Waals surface area contributed by atoms with Crippen LogP contribution in [0.25, 0.3) is 0 Å². The molecule has 1 N–H and O–H groups in total. The minimum Gasteiger partial charge on any atom is -0.481 e. The third-order valence-corrected chi connectivity index (χ3v) is 4.05. The van der Waals surface area contributed by atoms with Crippen LogP contribution in [-0.4, -0.2) is 35.0 Å². The van der Waals surface area contributed by atoms with E-state index < -0.39 is 11.8 Å². The van der Waals surface area contributed by atoms with E-state index in [0.29, 0.717) is 19.5 Å². The molecule has 1 aliphatic heterocycles. The highest BCUT2D eigenvalue weighted by atomic mass is 35.5. The lowest BCUT2D eigenvalue weighted by Gasteiger charge is -2.32. The first kappa shape index (κ1) is 15.8. The first-order valence-electron chi connectivity index (χ1n) is 6.93. The van der Waals surface area contributed by atoms with E-state index in [-0.39, 0.29) is 28.8 Å². The molecule has 1 aromatic rings. The second-order valence-corrected chi connectivity index (χ2v) is 5.73. The van der Waals surface area contributed by atoms with Gasteiger partial charge >= 0.3 is 5.97 Å². The largest absolute Gasteiger partial charge is 0.481 e. The molecule has 1 saturated heterocycles. The van der Waals surface area contributed by atoms with Crippen LogP contribution in [0.3, 0.4) is 0 Å². The average molecular weight is 314 g/mol. The number of rotatable bonds is 4. The fourth-order valence-corrected chi connectivity index (χ4v) is 2.74. The third-order valence-electron chi connectivity index (χ3n) is 3.74. The van der Waals surface area contributed by atoms with Gasteiger partial charge < -0.3 is 10.0 Å². The van der Waals surface area contributed by atoms with Gasteiger partial charge in [-0.1, -0.05) is 11.6 Å². The van der Waals surface area contributed by atoms with Crippen molar-refractivity contribution in [2.75, 3.05) is 13.1 Å². The van der Waals surface area contributed by atoms with E-state index in [9.17, 15) is 14.0 Å². The number of amides is 1. The number of aliphatic carboxylic acids is 1. The van der Waals surface area contributed by atoms with Gasteiger partial charge in [0.25, 0.3) is 5.91 Å². The molecule has 1 unspecified atom stereocenters. The van der Waals surface area contributed by atoms with Crippen molar-refractivity contribution < 1.29 is 19.1 Å². The second-order valence-electron chi connectivity index (χ2n) is 5.32. The van der Waals surface area contributed by atoms with Gasteiger partial charge in [-0.05, 0) is 43.4 Å². The molecule has 0 saturated carbocycles. The maximum absolute atomic E-state index is 13.4. The highest BCUT2D eigenvalue weighted by Crippen LogP contribution is 2.23. The number of carboxylic acid groups (broad SMARTS) is 1. The van der Waals surface area contributed by atoms with Gasteiger partial charge in [0, 0.05) is 25.1 Å². The maximum atomic E-state index is 13.4. The Morgan fingerprint density at radius 3 is 2.86 bits per heavy atom. The maximum Gasteiger partial charge on any atom is 0.303 e. The van der Waals surface area contributed by atoms with Gasteiger partial charge in [0.05, 0.1) is 5.02 Å². The van der Waals surface area contributed by atoms with Crippen molar-refractivity contribution in [2.24, 2.45) is 5.92 Å². The Kier molecular flexibility index (Phi) is 5.17. The van der Waals surface area contributed by atoms with Crippen LogP contribution in [0, 0.1) is 11.7 Å². The van der Waals surface area contributed by atoms with E-state index in [0.717, 1.165) is 18.9 Å². The summed E-state index contributed by atoms with van der Waals surface area (Å²) in [5.74, 6) is -1.47. The van der Waals surface area contributed by atoms with Crippen molar-refractivity contribution >= 4 is 23.5 Å². The minimum atomic E-state index is -0.821. The molecule has 1 atom stereocenters. The molecule has 6 heteroatoms. The molecule has 4 nitrogen and oxygen atoms in total. The molecule has 21 heavy (non-hydrogen) atoms. The fourth-order valence-electron chi connectivity index (χ4n) is 2.62. The van der Waals surface area contributed by atoms with Gasteiger partial charge in [-0.15, -0.1) is 0 Å². The van der Waals surface area contributed by atoms with Crippen molar-refractivity contribution in [2.45, 2.75) is 25.7 Å². The van der Waals surface area contributed by atoms with Crippen molar-refractivity contribution in [3.05, 3.63) is 34.6 Å². The molecule has 2 rings (SSSR count). The first-order chi connectivity index (χ1) is 9.97. The minimum absolute atomic E-state index is 0.00970. The summed E-state index contributed by atoms with van der Waals surface area (Å²) >= 11 is 5.61. The van der Waals surface area contributed by atoms with E-state index in [2.05, 4.69) is 0 Å². The Hall–Kier alpha value is -1.62. The SMILES string of the molecule is O=C(O)CCC1CCCN(C(=O)c2ccc(Cl)c(F)c2)C1. The van der Waals surface area contributed by atoms with Crippen LogP contribution in [0.4, 0.5) is 4.39 Å². The van der Waals surface area contributed by atoms with Crippen LogP contribution in [-0.2, 0) is 4.79 Å². The van der Waals surface area contributed by atoms with Gasteiger partial charge in [-0.25, -0.2) is 4.39 Å². The molecule has 1 aromatic carbocycles. The normalized spacial score (nSPS) is 18.6. The summed E-state index contributed by atoms with van der Waals surface area (Å²) in [4.78, 5) is 24.6. The van der Waals surface area contributed by atoms with Crippen LogP contribution < -0.4 is 0 Å². The van der Waals surface area contributed by atoms with Crippen molar-refractivity contribution in [3.8, 4) is 0 Å². The Morgan fingerprint density at radius 1 is 1.43 bits per heavy atom. The van der Waals surface area contributed by atoms with E-state index >= 15 is 0 Å². The number of hydrogen-bond acceptors (Lipinski definition) is 2. The zero-order chi connectivity index (χ0) is 15.4. The summed E-state index contributed by atoms with van der Waals surface area (Å²) in [5.41, 5.74) is 0.274. The lowest BCUT2D eigenvalue weighted by atomic mass is 9.93. The molecule has 0 aromatic heterocycles. The first-order valence-corrected chi connectivity index (χ1v) is 7.31. The molecule has 1 fully saturated rings. The summed E-state index contributed by atoms with van der Waals surface area (Å²) in [6.07, 6.45) is 2.44. The van der Waals surface area contributed by atoms with E-state index in [1.165, 1.54) is 12.1 Å². The number of halogens is 2. The number of likely N-dealkylation sites (tertiary alicyclic amines) is 1. The van der Waals surface area contributed by atoms with E-state index in [1.807, 2.05) is 0 Å². The number of nitrogens with zero attached hydrogens (tertiary/aromatic N) is 1. The van der Waals surface area contributed by atoms with Gasteiger partial charge in [0.15, 0.2) is 0 Å². The monoisotopic (exact) mass is 313 g/mol. The van der Waals surface area contributed by atoms with Gasteiger partial charge in [-0.2, -0.15) is 0 Å². The summed E-state index contributed by atoms with van der Waals surface area (Å²) in [7, 11) is 0. The molecule has 0 spiro atoms. The zero-order valence-electron chi connectivity index (χ0n) is 11.5. The third kappa shape index (κ3) is 4.17. The highest BCUT2D eigenvalue weighted by Gasteiger charge is 2.25. The molecule has 0 radical (unpaired) electrons. The van der Waals surface area contributed by atoms with Gasteiger partial charge in [0.1, 0.15) is 5.82 Å².